The highest BCUT2D eigenvalue weighted by atomic mass is 16.4. The first kappa shape index (κ1) is 15.5. The van der Waals surface area contributed by atoms with Crippen LogP contribution in [0, 0.1) is 0 Å². The quantitative estimate of drug-likeness (QED) is 0.604. The van der Waals surface area contributed by atoms with E-state index < -0.39 is 24.5 Å². The molecule has 9 heteroatoms. The van der Waals surface area contributed by atoms with Gasteiger partial charge in [0.1, 0.15) is 12.4 Å². The molecule has 0 spiro atoms. The molecule has 0 aromatic carbocycles. The van der Waals surface area contributed by atoms with E-state index in [4.69, 9.17) is 5.11 Å². The SMILES string of the molecule is CN(Cc1nccn1C)C(=O)NCC(=O)NCC(=O)O. The molecule has 1 aromatic rings. The van der Waals surface area contributed by atoms with Crippen molar-refractivity contribution in [3.05, 3.63) is 18.2 Å². The van der Waals surface area contributed by atoms with E-state index in [0.717, 1.165) is 0 Å². The maximum atomic E-state index is 11.7. The first-order valence-electron chi connectivity index (χ1n) is 5.83. The van der Waals surface area contributed by atoms with Crippen molar-refractivity contribution >= 4 is 17.9 Å². The Kier molecular flexibility index (Phi) is 5.51. The van der Waals surface area contributed by atoms with Crippen LogP contribution in [0.25, 0.3) is 0 Å². The summed E-state index contributed by atoms with van der Waals surface area (Å²) in [4.78, 5) is 38.6. The lowest BCUT2D eigenvalue weighted by molar-refractivity contribution is -0.137. The predicted molar refractivity (Wildman–Crippen MR) is 68.7 cm³/mol. The number of carbonyl (C=O) groups is 3. The highest BCUT2D eigenvalue weighted by Gasteiger charge is 2.12. The molecule has 0 fully saturated rings. The normalized spacial score (nSPS) is 9.90. The molecular weight excluding hydrogens is 266 g/mol. The Morgan fingerprint density at radius 2 is 2.05 bits per heavy atom. The lowest BCUT2D eigenvalue weighted by Crippen LogP contribution is -2.43. The number of urea groups is 1. The van der Waals surface area contributed by atoms with Crippen molar-refractivity contribution < 1.29 is 19.5 Å². The summed E-state index contributed by atoms with van der Waals surface area (Å²) < 4.78 is 1.78. The van der Waals surface area contributed by atoms with Gasteiger partial charge in [0.25, 0.3) is 0 Å². The highest BCUT2D eigenvalue weighted by Crippen LogP contribution is 1.99. The van der Waals surface area contributed by atoms with Crippen LogP contribution in [0.5, 0.6) is 0 Å². The summed E-state index contributed by atoms with van der Waals surface area (Å²) in [7, 11) is 3.38. The summed E-state index contributed by atoms with van der Waals surface area (Å²) in [5, 5.41) is 12.9. The van der Waals surface area contributed by atoms with Crippen LogP contribution in [0.1, 0.15) is 5.82 Å². The van der Waals surface area contributed by atoms with Crippen molar-refractivity contribution in [3.63, 3.8) is 0 Å². The van der Waals surface area contributed by atoms with Crippen molar-refractivity contribution in [3.8, 4) is 0 Å². The number of hydrogen-bond donors (Lipinski definition) is 3. The van der Waals surface area contributed by atoms with Gasteiger partial charge in [-0.2, -0.15) is 0 Å². The van der Waals surface area contributed by atoms with Crippen molar-refractivity contribution in [1.29, 1.82) is 0 Å². The molecule has 0 aliphatic carbocycles. The fourth-order valence-electron chi connectivity index (χ4n) is 1.36. The van der Waals surface area contributed by atoms with Gasteiger partial charge in [-0.25, -0.2) is 9.78 Å². The zero-order valence-corrected chi connectivity index (χ0v) is 11.3. The molecule has 0 radical (unpaired) electrons. The average molecular weight is 283 g/mol. The second-order valence-corrected chi connectivity index (χ2v) is 4.14. The third-order valence-corrected chi connectivity index (χ3v) is 2.48. The molecule has 3 N–H and O–H groups in total. The molecule has 0 bridgehead atoms. The Labute approximate surface area is 115 Å². The number of hydrogen-bond acceptors (Lipinski definition) is 4. The molecule has 3 amide bonds. The number of aryl methyl sites for hydroxylation is 1. The first-order chi connectivity index (χ1) is 9.40. The minimum absolute atomic E-state index is 0.281. The molecule has 1 heterocycles. The van der Waals surface area contributed by atoms with E-state index in [9.17, 15) is 14.4 Å². The Morgan fingerprint density at radius 1 is 1.35 bits per heavy atom. The monoisotopic (exact) mass is 283 g/mol. The molecule has 1 aromatic heterocycles. The second kappa shape index (κ2) is 7.12. The van der Waals surface area contributed by atoms with E-state index >= 15 is 0 Å². The number of aliphatic carboxylic acids is 1. The minimum Gasteiger partial charge on any atom is -0.480 e. The van der Waals surface area contributed by atoms with Gasteiger partial charge in [-0.15, -0.1) is 0 Å². The number of carboxylic acid groups (broad SMARTS) is 1. The van der Waals surface area contributed by atoms with Crippen LogP contribution in [0.4, 0.5) is 4.79 Å². The number of nitrogens with zero attached hydrogens (tertiary/aromatic N) is 3. The number of amides is 3. The van der Waals surface area contributed by atoms with Crippen molar-refractivity contribution in [2.24, 2.45) is 7.05 Å². The van der Waals surface area contributed by atoms with Gasteiger partial charge in [0.15, 0.2) is 0 Å². The van der Waals surface area contributed by atoms with E-state index in [2.05, 4.69) is 15.6 Å². The van der Waals surface area contributed by atoms with Gasteiger partial charge in [0, 0.05) is 26.5 Å². The fraction of sp³-hybridized carbons (Fsp3) is 0.455. The largest absolute Gasteiger partial charge is 0.480 e. The van der Waals surface area contributed by atoms with Crippen LogP contribution in [0.3, 0.4) is 0 Å². The molecular formula is C11H17N5O4. The van der Waals surface area contributed by atoms with Crippen LogP contribution in [-0.4, -0.2) is 57.6 Å². The summed E-state index contributed by atoms with van der Waals surface area (Å²) in [6.07, 6.45) is 3.39. The Morgan fingerprint density at radius 3 is 2.60 bits per heavy atom. The predicted octanol–water partition coefficient (Wildman–Crippen LogP) is -1.24. The molecule has 0 aliphatic rings. The van der Waals surface area contributed by atoms with Crippen LogP contribution in [0.2, 0.25) is 0 Å². The maximum Gasteiger partial charge on any atom is 0.322 e. The van der Waals surface area contributed by atoms with Gasteiger partial charge < -0.3 is 25.2 Å². The third kappa shape index (κ3) is 4.96. The topological polar surface area (TPSA) is 117 Å². The Bertz CT molecular complexity index is 499. The summed E-state index contributed by atoms with van der Waals surface area (Å²) in [6.45, 7) is -0.457. The summed E-state index contributed by atoms with van der Waals surface area (Å²) >= 11 is 0. The third-order valence-electron chi connectivity index (χ3n) is 2.48. The molecule has 20 heavy (non-hydrogen) atoms. The number of nitrogens with one attached hydrogen (secondary N) is 2. The minimum atomic E-state index is -1.14. The summed E-state index contributed by atoms with van der Waals surface area (Å²) in [6, 6.07) is -0.446. The smallest absolute Gasteiger partial charge is 0.322 e. The van der Waals surface area contributed by atoms with Crippen LogP contribution < -0.4 is 10.6 Å². The zero-order chi connectivity index (χ0) is 15.1. The average Bonchev–Trinajstić information content (AvgIpc) is 2.79. The number of aromatic nitrogens is 2. The van der Waals surface area contributed by atoms with Crippen molar-refractivity contribution in [2.45, 2.75) is 6.54 Å². The molecule has 0 saturated heterocycles. The van der Waals surface area contributed by atoms with E-state index in [1.807, 2.05) is 7.05 Å². The van der Waals surface area contributed by atoms with Gasteiger partial charge in [0.2, 0.25) is 5.91 Å². The van der Waals surface area contributed by atoms with E-state index in [1.54, 1.807) is 24.0 Å². The van der Waals surface area contributed by atoms with Crippen LogP contribution in [0.15, 0.2) is 12.4 Å². The summed E-state index contributed by atoms with van der Waals surface area (Å²) in [5.41, 5.74) is 0. The lowest BCUT2D eigenvalue weighted by atomic mass is 10.5. The Balaban J connectivity index is 2.33. The van der Waals surface area contributed by atoms with Crippen molar-refractivity contribution in [2.75, 3.05) is 20.1 Å². The molecule has 0 atom stereocenters. The number of imidazole rings is 1. The Hall–Kier alpha value is -2.58. The standard InChI is InChI=1S/C11H17N5O4/c1-15-4-3-12-8(15)7-16(2)11(20)14-5-9(17)13-6-10(18)19/h3-4H,5-7H2,1-2H3,(H,13,17)(H,14,20)(H,18,19). The number of carboxylic acids is 1. The molecule has 0 unspecified atom stereocenters. The second-order valence-electron chi connectivity index (χ2n) is 4.14. The van der Waals surface area contributed by atoms with Crippen LogP contribution >= 0.6 is 0 Å². The number of rotatable bonds is 6. The fourth-order valence-corrected chi connectivity index (χ4v) is 1.36. The van der Waals surface area contributed by atoms with Gasteiger partial charge in [0.05, 0.1) is 13.1 Å². The maximum absolute atomic E-state index is 11.7. The van der Waals surface area contributed by atoms with E-state index in [1.165, 1.54) is 4.90 Å². The highest BCUT2D eigenvalue weighted by molar-refractivity contribution is 5.86. The van der Waals surface area contributed by atoms with Gasteiger partial charge in [-0.05, 0) is 0 Å². The first-order valence-corrected chi connectivity index (χ1v) is 5.83. The lowest BCUT2D eigenvalue weighted by Gasteiger charge is -2.17. The summed E-state index contributed by atoms with van der Waals surface area (Å²) in [5.74, 6) is -0.999. The molecule has 9 nitrogen and oxygen atoms in total. The van der Waals surface area contributed by atoms with E-state index in [0.29, 0.717) is 12.4 Å². The van der Waals surface area contributed by atoms with Gasteiger partial charge >= 0.3 is 12.0 Å². The molecule has 0 saturated carbocycles. The zero-order valence-electron chi connectivity index (χ0n) is 11.3. The van der Waals surface area contributed by atoms with E-state index in [-0.39, 0.29) is 6.54 Å². The molecule has 110 valence electrons. The molecule has 0 aliphatic heterocycles. The molecule has 1 rings (SSSR count). The van der Waals surface area contributed by atoms with Gasteiger partial charge in [-0.3, -0.25) is 9.59 Å². The number of carbonyl (C=O) groups excluding carboxylic acids is 2. The van der Waals surface area contributed by atoms with Crippen molar-refractivity contribution in [1.82, 2.24) is 25.1 Å². The van der Waals surface area contributed by atoms with Crippen LogP contribution in [-0.2, 0) is 23.2 Å². The van der Waals surface area contributed by atoms with Gasteiger partial charge in [-0.1, -0.05) is 0 Å².